The standard InChI is InChI=1S/C9H16N4O2S/c1-6-7(8(10)12-15)9(13(2)11-6)16-5-3-4-14/h14-15H,3-5H2,1-2H3,(H2,10,12). The van der Waals surface area contributed by atoms with Crippen molar-refractivity contribution in [2.24, 2.45) is 17.9 Å². The number of aromatic nitrogens is 2. The zero-order valence-electron chi connectivity index (χ0n) is 9.34. The van der Waals surface area contributed by atoms with Gasteiger partial charge in [-0.15, -0.1) is 11.8 Å². The minimum atomic E-state index is 0.0668. The largest absolute Gasteiger partial charge is 0.409 e. The Morgan fingerprint density at radius 1 is 1.62 bits per heavy atom. The van der Waals surface area contributed by atoms with Gasteiger partial charge in [-0.2, -0.15) is 5.10 Å². The van der Waals surface area contributed by atoms with Crippen LogP contribution in [-0.4, -0.2) is 38.3 Å². The van der Waals surface area contributed by atoms with Crippen LogP contribution in [0.15, 0.2) is 10.2 Å². The highest BCUT2D eigenvalue weighted by Crippen LogP contribution is 2.25. The van der Waals surface area contributed by atoms with Crippen LogP contribution < -0.4 is 5.73 Å². The molecule has 1 rings (SSSR count). The first-order chi connectivity index (χ1) is 7.61. The monoisotopic (exact) mass is 244 g/mol. The van der Waals surface area contributed by atoms with Crippen LogP contribution in [-0.2, 0) is 7.05 Å². The molecular weight excluding hydrogens is 228 g/mol. The van der Waals surface area contributed by atoms with Crippen molar-refractivity contribution in [2.75, 3.05) is 12.4 Å². The number of aliphatic hydroxyl groups excluding tert-OH is 1. The molecule has 0 bridgehead atoms. The molecule has 0 fully saturated rings. The fourth-order valence-electron chi connectivity index (χ4n) is 1.38. The lowest BCUT2D eigenvalue weighted by Crippen LogP contribution is -2.15. The van der Waals surface area contributed by atoms with E-state index in [1.807, 2.05) is 14.0 Å². The van der Waals surface area contributed by atoms with Crippen molar-refractivity contribution in [2.45, 2.75) is 18.4 Å². The summed E-state index contributed by atoms with van der Waals surface area (Å²) in [5.41, 5.74) is 6.98. The summed E-state index contributed by atoms with van der Waals surface area (Å²) >= 11 is 1.53. The van der Waals surface area contributed by atoms with Crippen LogP contribution in [0.3, 0.4) is 0 Å². The van der Waals surface area contributed by atoms with E-state index in [-0.39, 0.29) is 12.4 Å². The predicted octanol–water partition coefficient (Wildman–Crippen LogP) is 0.298. The molecule has 0 aliphatic heterocycles. The topological polar surface area (TPSA) is 96.7 Å². The van der Waals surface area contributed by atoms with Gasteiger partial charge in [0.25, 0.3) is 0 Å². The van der Waals surface area contributed by atoms with E-state index < -0.39 is 0 Å². The van der Waals surface area contributed by atoms with Crippen LogP contribution in [0, 0.1) is 6.92 Å². The van der Waals surface area contributed by atoms with Gasteiger partial charge in [0.05, 0.1) is 11.3 Å². The van der Waals surface area contributed by atoms with E-state index in [4.69, 9.17) is 16.0 Å². The molecule has 1 aromatic heterocycles. The molecule has 0 spiro atoms. The molecule has 6 nitrogen and oxygen atoms in total. The van der Waals surface area contributed by atoms with Gasteiger partial charge < -0.3 is 16.0 Å². The number of rotatable bonds is 5. The van der Waals surface area contributed by atoms with E-state index >= 15 is 0 Å². The molecule has 0 saturated carbocycles. The number of nitrogens with zero attached hydrogens (tertiary/aromatic N) is 3. The molecule has 16 heavy (non-hydrogen) atoms. The second-order valence-corrected chi connectivity index (χ2v) is 4.38. The molecule has 0 amide bonds. The van der Waals surface area contributed by atoms with Crippen LogP contribution in [0.5, 0.6) is 0 Å². The number of oxime groups is 1. The number of amidine groups is 1. The van der Waals surface area contributed by atoms with E-state index in [0.717, 1.165) is 16.5 Å². The molecule has 0 radical (unpaired) electrons. The van der Waals surface area contributed by atoms with Crippen molar-refractivity contribution in [3.63, 3.8) is 0 Å². The summed E-state index contributed by atoms with van der Waals surface area (Å²) in [5.74, 6) is 0.832. The van der Waals surface area contributed by atoms with Gasteiger partial charge in [0, 0.05) is 19.4 Å². The fraction of sp³-hybridized carbons (Fsp3) is 0.556. The number of hydrogen-bond acceptors (Lipinski definition) is 5. The molecule has 4 N–H and O–H groups in total. The minimum Gasteiger partial charge on any atom is -0.409 e. The Kier molecular flexibility index (Phi) is 4.63. The quantitative estimate of drug-likeness (QED) is 0.173. The van der Waals surface area contributed by atoms with Crippen molar-refractivity contribution in [1.82, 2.24) is 9.78 Å². The Morgan fingerprint density at radius 2 is 2.31 bits per heavy atom. The van der Waals surface area contributed by atoms with Crippen molar-refractivity contribution in [1.29, 1.82) is 0 Å². The molecule has 1 aromatic rings. The van der Waals surface area contributed by atoms with Crippen LogP contribution in [0.4, 0.5) is 0 Å². The van der Waals surface area contributed by atoms with E-state index in [1.54, 1.807) is 4.68 Å². The Labute approximate surface area is 98.1 Å². The van der Waals surface area contributed by atoms with Crippen molar-refractivity contribution in [3.05, 3.63) is 11.3 Å². The number of aryl methyl sites for hydroxylation is 2. The highest BCUT2D eigenvalue weighted by molar-refractivity contribution is 7.99. The average Bonchev–Trinajstić information content (AvgIpc) is 2.53. The smallest absolute Gasteiger partial charge is 0.174 e. The van der Waals surface area contributed by atoms with Gasteiger partial charge in [0.15, 0.2) is 5.84 Å². The summed E-state index contributed by atoms with van der Waals surface area (Å²) in [7, 11) is 1.81. The molecule has 0 atom stereocenters. The average molecular weight is 244 g/mol. The maximum atomic E-state index is 8.72. The summed E-state index contributed by atoms with van der Waals surface area (Å²) < 4.78 is 1.70. The molecule has 0 unspecified atom stereocenters. The van der Waals surface area contributed by atoms with Crippen molar-refractivity contribution < 1.29 is 10.3 Å². The lowest BCUT2D eigenvalue weighted by atomic mass is 10.2. The zero-order valence-corrected chi connectivity index (χ0v) is 10.2. The number of hydrogen-bond donors (Lipinski definition) is 3. The van der Waals surface area contributed by atoms with Gasteiger partial charge in [-0.1, -0.05) is 5.16 Å². The molecule has 0 aliphatic rings. The molecule has 90 valence electrons. The molecule has 7 heteroatoms. The van der Waals surface area contributed by atoms with Gasteiger partial charge in [-0.25, -0.2) is 0 Å². The Bertz CT molecular complexity index is 389. The fourth-order valence-corrected chi connectivity index (χ4v) is 2.47. The van der Waals surface area contributed by atoms with Gasteiger partial charge in [-0.3, -0.25) is 4.68 Å². The van der Waals surface area contributed by atoms with Gasteiger partial charge in [0.1, 0.15) is 5.03 Å². The number of aliphatic hydroxyl groups is 1. The summed E-state index contributed by atoms with van der Waals surface area (Å²) in [6, 6.07) is 0. The lowest BCUT2D eigenvalue weighted by molar-refractivity contribution is 0.296. The zero-order chi connectivity index (χ0) is 12.1. The minimum absolute atomic E-state index is 0.0668. The molecular formula is C9H16N4O2S. The molecule has 0 aliphatic carbocycles. The van der Waals surface area contributed by atoms with Gasteiger partial charge in [0.2, 0.25) is 0 Å². The summed E-state index contributed by atoms with van der Waals surface area (Å²) in [5, 5.41) is 25.5. The van der Waals surface area contributed by atoms with E-state index in [1.165, 1.54) is 11.8 Å². The van der Waals surface area contributed by atoms with Crippen LogP contribution in [0.2, 0.25) is 0 Å². The summed E-state index contributed by atoms with van der Waals surface area (Å²) in [4.78, 5) is 0. The van der Waals surface area contributed by atoms with E-state index in [2.05, 4.69) is 10.3 Å². The van der Waals surface area contributed by atoms with Gasteiger partial charge in [-0.05, 0) is 13.3 Å². The Hall–Kier alpha value is -1.21. The predicted molar refractivity (Wildman–Crippen MR) is 62.9 cm³/mol. The number of thioether (sulfide) groups is 1. The number of nitrogens with two attached hydrogens (primary N) is 1. The lowest BCUT2D eigenvalue weighted by Gasteiger charge is -2.04. The highest BCUT2D eigenvalue weighted by atomic mass is 32.2. The second kappa shape index (κ2) is 5.76. The Balaban J connectivity index is 2.97. The summed E-state index contributed by atoms with van der Waals surface area (Å²) in [6.07, 6.45) is 0.699. The van der Waals surface area contributed by atoms with Crippen molar-refractivity contribution >= 4 is 17.6 Å². The first-order valence-corrected chi connectivity index (χ1v) is 5.85. The molecule has 0 aromatic carbocycles. The molecule has 0 saturated heterocycles. The third-order valence-corrected chi connectivity index (χ3v) is 3.31. The maximum absolute atomic E-state index is 8.72. The van der Waals surface area contributed by atoms with E-state index in [9.17, 15) is 0 Å². The highest BCUT2D eigenvalue weighted by Gasteiger charge is 2.17. The van der Waals surface area contributed by atoms with Crippen molar-refractivity contribution in [3.8, 4) is 0 Å². The van der Waals surface area contributed by atoms with Crippen LogP contribution >= 0.6 is 11.8 Å². The van der Waals surface area contributed by atoms with E-state index in [0.29, 0.717) is 12.0 Å². The first kappa shape index (κ1) is 12.9. The third-order valence-electron chi connectivity index (χ3n) is 2.07. The van der Waals surface area contributed by atoms with Crippen LogP contribution in [0.1, 0.15) is 17.7 Å². The first-order valence-electron chi connectivity index (χ1n) is 4.87. The second-order valence-electron chi connectivity index (χ2n) is 3.30. The SMILES string of the molecule is Cc1nn(C)c(SCCCO)c1C(N)=NO. The van der Waals surface area contributed by atoms with Crippen LogP contribution in [0.25, 0.3) is 0 Å². The Morgan fingerprint density at radius 3 is 2.88 bits per heavy atom. The normalized spacial score (nSPS) is 12.1. The molecule has 1 heterocycles. The summed E-state index contributed by atoms with van der Waals surface area (Å²) in [6.45, 7) is 1.96. The van der Waals surface area contributed by atoms with Gasteiger partial charge >= 0.3 is 0 Å². The third kappa shape index (κ3) is 2.67. The maximum Gasteiger partial charge on any atom is 0.174 e.